The molecular weight excluding hydrogens is 426 g/mol. The largest absolute Gasteiger partial charge is 0.480 e. The molecule has 0 bridgehead atoms. The van der Waals surface area contributed by atoms with Crippen LogP contribution < -0.4 is 16.0 Å². The highest BCUT2D eigenvalue weighted by Crippen LogP contribution is 2.29. The summed E-state index contributed by atoms with van der Waals surface area (Å²) in [6, 6.07) is -1.56. The Morgan fingerprint density at radius 3 is 2.00 bits per heavy atom. The van der Waals surface area contributed by atoms with Crippen LogP contribution in [0.5, 0.6) is 0 Å². The molecule has 0 radical (unpaired) electrons. The van der Waals surface area contributed by atoms with Gasteiger partial charge in [-0.15, -0.1) is 0 Å². The quantitative estimate of drug-likeness (QED) is 0.388. The SMILES string of the molecule is CC(C)C[C@H](NC(=O)C1CCC(CNC(=O)[C@@H](NC(=O)OC(C)(C)C)C(C)C)CC1)C(=O)O. The summed E-state index contributed by atoms with van der Waals surface area (Å²) in [7, 11) is 0. The van der Waals surface area contributed by atoms with E-state index >= 15 is 0 Å². The molecule has 1 aliphatic carbocycles. The third-order valence-corrected chi connectivity index (χ3v) is 5.73. The zero-order valence-electron chi connectivity index (χ0n) is 21.2. The molecule has 0 aliphatic heterocycles. The van der Waals surface area contributed by atoms with Crippen molar-refractivity contribution in [1.82, 2.24) is 16.0 Å². The third-order valence-electron chi connectivity index (χ3n) is 5.73. The highest BCUT2D eigenvalue weighted by atomic mass is 16.6. The molecule has 190 valence electrons. The number of carboxylic acid groups (broad SMARTS) is 1. The molecule has 9 nitrogen and oxygen atoms in total. The van der Waals surface area contributed by atoms with E-state index in [-0.39, 0.29) is 35.5 Å². The summed E-state index contributed by atoms with van der Waals surface area (Å²) in [6.45, 7) is 13.3. The molecule has 0 aromatic heterocycles. The number of alkyl carbamates (subject to hydrolysis) is 1. The monoisotopic (exact) mass is 469 g/mol. The van der Waals surface area contributed by atoms with Gasteiger partial charge in [-0.1, -0.05) is 27.7 Å². The van der Waals surface area contributed by atoms with Gasteiger partial charge in [0.25, 0.3) is 0 Å². The fraction of sp³-hybridized carbons (Fsp3) is 0.833. The lowest BCUT2D eigenvalue weighted by Crippen LogP contribution is -2.51. The van der Waals surface area contributed by atoms with Crippen molar-refractivity contribution in [3.8, 4) is 0 Å². The number of hydrogen-bond donors (Lipinski definition) is 4. The van der Waals surface area contributed by atoms with Gasteiger partial charge in [0, 0.05) is 12.5 Å². The summed E-state index contributed by atoms with van der Waals surface area (Å²) >= 11 is 0. The lowest BCUT2D eigenvalue weighted by molar-refractivity contribution is -0.143. The Balaban J connectivity index is 2.50. The van der Waals surface area contributed by atoms with E-state index in [0.29, 0.717) is 25.8 Å². The van der Waals surface area contributed by atoms with E-state index < -0.39 is 29.7 Å². The number of rotatable bonds is 10. The number of hydrogen-bond acceptors (Lipinski definition) is 5. The van der Waals surface area contributed by atoms with Gasteiger partial charge in [0.05, 0.1) is 0 Å². The maximum Gasteiger partial charge on any atom is 0.408 e. The number of nitrogens with one attached hydrogen (secondary N) is 3. The Morgan fingerprint density at radius 1 is 0.970 bits per heavy atom. The Bertz CT molecular complexity index is 678. The molecule has 0 unspecified atom stereocenters. The van der Waals surface area contributed by atoms with Crippen LogP contribution in [-0.2, 0) is 19.1 Å². The standard InChI is InChI=1S/C24H43N3O6/c1-14(2)12-18(22(30)31)26-20(28)17-10-8-16(9-11-17)13-25-21(29)19(15(3)4)27-23(32)33-24(5,6)7/h14-19H,8-13H2,1-7H3,(H,25,29)(H,26,28)(H,27,32)(H,30,31)/t16?,17?,18-,19-/m0/s1. The minimum absolute atomic E-state index is 0.107. The normalized spacial score (nSPS) is 20.6. The topological polar surface area (TPSA) is 134 Å². The first-order valence-electron chi connectivity index (χ1n) is 12.0. The van der Waals surface area contributed by atoms with Crippen molar-refractivity contribution in [2.75, 3.05) is 6.54 Å². The van der Waals surface area contributed by atoms with E-state index in [1.54, 1.807) is 20.8 Å². The third kappa shape index (κ3) is 10.9. The fourth-order valence-corrected chi connectivity index (χ4v) is 3.94. The molecule has 0 spiro atoms. The number of carbonyl (C=O) groups excluding carboxylic acids is 3. The van der Waals surface area contributed by atoms with E-state index in [0.717, 1.165) is 12.8 Å². The van der Waals surface area contributed by atoms with Gasteiger partial charge in [0.1, 0.15) is 17.7 Å². The molecule has 0 aromatic rings. The average molecular weight is 470 g/mol. The summed E-state index contributed by atoms with van der Waals surface area (Å²) in [5.41, 5.74) is -0.647. The lowest BCUT2D eigenvalue weighted by Gasteiger charge is -2.30. The molecule has 0 aromatic carbocycles. The van der Waals surface area contributed by atoms with Crippen LogP contribution in [0.2, 0.25) is 0 Å². The zero-order valence-corrected chi connectivity index (χ0v) is 21.2. The van der Waals surface area contributed by atoms with Crippen molar-refractivity contribution in [2.24, 2.45) is 23.7 Å². The van der Waals surface area contributed by atoms with Crippen molar-refractivity contribution < 1.29 is 29.0 Å². The second kappa shape index (κ2) is 12.8. The van der Waals surface area contributed by atoms with E-state index in [9.17, 15) is 24.3 Å². The van der Waals surface area contributed by atoms with Crippen LogP contribution in [-0.4, -0.2) is 53.2 Å². The Kier molecular flexibility index (Phi) is 11.1. The summed E-state index contributed by atoms with van der Waals surface area (Å²) in [5.74, 6) is -1.37. The molecule has 2 atom stereocenters. The van der Waals surface area contributed by atoms with Gasteiger partial charge >= 0.3 is 12.1 Å². The number of carboxylic acids is 1. The molecule has 33 heavy (non-hydrogen) atoms. The van der Waals surface area contributed by atoms with Crippen LogP contribution in [0.4, 0.5) is 4.79 Å². The van der Waals surface area contributed by atoms with Gasteiger partial charge in [-0.3, -0.25) is 9.59 Å². The minimum Gasteiger partial charge on any atom is -0.480 e. The van der Waals surface area contributed by atoms with Gasteiger partial charge < -0.3 is 25.8 Å². The van der Waals surface area contributed by atoms with Crippen molar-refractivity contribution >= 4 is 23.9 Å². The van der Waals surface area contributed by atoms with Crippen LogP contribution in [0.1, 0.15) is 80.6 Å². The highest BCUT2D eigenvalue weighted by molar-refractivity contribution is 5.86. The summed E-state index contributed by atoms with van der Waals surface area (Å²) < 4.78 is 5.26. The number of aliphatic carboxylic acids is 1. The molecule has 1 fully saturated rings. The predicted octanol–water partition coefficient (Wildman–Crippen LogP) is 3.07. The smallest absolute Gasteiger partial charge is 0.408 e. The Labute approximate surface area is 197 Å². The van der Waals surface area contributed by atoms with Crippen LogP contribution in [0.25, 0.3) is 0 Å². The lowest BCUT2D eigenvalue weighted by atomic mass is 9.81. The van der Waals surface area contributed by atoms with Gasteiger partial charge in [0.2, 0.25) is 11.8 Å². The molecule has 0 heterocycles. The van der Waals surface area contributed by atoms with E-state index in [2.05, 4.69) is 16.0 Å². The number of carbonyl (C=O) groups is 4. The average Bonchev–Trinajstić information content (AvgIpc) is 2.68. The van der Waals surface area contributed by atoms with Gasteiger partial charge in [0.15, 0.2) is 0 Å². The minimum atomic E-state index is -1.01. The molecule has 0 saturated heterocycles. The Hall–Kier alpha value is -2.32. The van der Waals surface area contributed by atoms with Gasteiger partial charge in [-0.05, 0) is 70.6 Å². The van der Waals surface area contributed by atoms with E-state index in [1.807, 2.05) is 27.7 Å². The maximum atomic E-state index is 12.7. The van der Waals surface area contributed by atoms with Crippen LogP contribution >= 0.6 is 0 Å². The molecule has 3 amide bonds. The Morgan fingerprint density at radius 2 is 1.55 bits per heavy atom. The summed E-state index contributed by atoms with van der Waals surface area (Å²) in [5, 5.41) is 17.6. The predicted molar refractivity (Wildman–Crippen MR) is 125 cm³/mol. The first-order valence-corrected chi connectivity index (χ1v) is 12.0. The second-order valence-electron chi connectivity index (χ2n) is 10.9. The van der Waals surface area contributed by atoms with Crippen molar-refractivity contribution in [3.63, 3.8) is 0 Å². The fourth-order valence-electron chi connectivity index (χ4n) is 3.94. The second-order valence-corrected chi connectivity index (χ2v) is 10.9. The summed E-state index contributed by atoms with van der Waals surface area (Å²) in [6.07, 6.45) is 2.63. The molecule has 1 aliphatic rings. The van der Waals surface area contributed by atoms with Crippen molar-refractivity contribution in [3.05, 3.63) is 0 Å². The van der Waals surface area contributed by atoms with E-state index in [1.165, 1.54) is 0 Å². The van der Waals surface area contributed by atoms with Crippen LogP contribution in [0.3, 0.4) is 0 Å². The van der Waals surface area contributed by atoms with Crippen LogP contribution in [0.15, 0.2) is 0 Å². The zero-order chi connectivity index (χ0) is 25.3. The first kappa shape index (κ1) is 28.7. The van der Waals surface area contributed by atoms with Crippen molar-refractivity contribution in [2.45, 2.75) is 98.3 Å². The molecule has 1 saturated carbocycles. The highest BCUT2D eigenvalue weighted by Gasteiger charge is 2.31. The molecular formula is C24H43N3O6. The number of ether oxygens (including phenoxy) is 1. The van der Waals surface area contributed by atoms with Crippen LogP contribution in [0, 0.1) is 23.7 Å². The van der Waals surface area contributed by atoms with Gasteiger partial charge in [-0.25, -0.2) is 9.59 Å². The molecule has 1 rings (SSSR count). The first-order chi connectivity index (χ1) is 15.2. The number of amides is 3. The van der Waals surface area contributed by atoms with Crippen molar-refractivity contribution in [1.29, 1.82) is 0 Å². The molecule has 4 N–H and O–H groups in total. The molecule has 9 heteroatoms. The maximum absolute atomic E-state index is 12.7. The van der Waals surface area contributed by atoms with Gasteiger partial charge in [-0.2, -0.15) is 0 Å². The summed E-state index contributed by atoms with van der Waals surface area (Å²) in [4.78, 5) is 48.7. The van der Waals surface area contributed by atoms with E-state index in [4.69, 9.17) is 4.74 Å².